The lowest BCUT2D eigenvalue weighted by atomic mass is 9.87. The number of pyridine rings is 1. The molecule has 2 heterocycles. The summed E-state index contributed by atoms with van der Waals surface area (Å²) in [7, 11) is 1.29. The Morgan fingerprint density at radius 2 is 2.00 bits per heavy atom. The zero-order valence-electron chi connectivity index (χ0n) is 16.7. The number of aromatic nitrogens is 1. The molecule has 8 nitrogen and oxygen atoms in total. The number of aliphatic hydroxyl groups excluding tert-OH is 1. The summed E-state index contributed by atoms with van der Waals surface area (Å²) in [5.41, 5.74) is -0.106. The van der Waals surface area contributed by atoms with Crippen LogP contribution in [0.25, 0.3) is 0 Å². The van der Waals surface area contributed by atoms with Crippen LogP contribution in [0.15, 0.2) is 18.2 Å². The minimum atomic E-state index is -0.545. The van der Waals surface area contributed by atoms with Gasteiger partial charge in [0, 0.05) is 18.6 Å². The van der Waals surface area contributed by atoms with Crippen molar-refractivity contribution in [2.45, 2.75) is 32.2 Å². The van der Waals surface area contributed by atoms with Gasteiger partial charge >= 0.3 is 5.97 Å². The van der Waals surface area contributed by atoms with E-state index in [1.165, 1.54) is 13.2 Å². The van der Waals surface area contributed by atoms with Crippen LogP contribution in [0.1, 0.15) is 37.2 Å². The minimum absolute atomic E-state index is 0. The SMILES string of the molecule is COC(=O)c1cccc(NC(=O)CN2CCC(CO)(NCC(C)C)CC2)n1.I. The molecule has 0 aliphatic carbocycles. The van der Waals surface area contributed by atoms with Gasteiger partial charge in [0.25, 0.3) is 0 Å². The molecule has 9 heteroatoms. The molecule has 0 radical (unpaired) electrons. The number of nitrogens with one attached hydrogen (secondary N) is 2. The Morgan fingerprint density at radius 3 is 2.57 bits per heavy atom. The fourth-order valence-corrected chi connectivity index (χ4v) is 3.06. The average Bonchev–Trinajstić information content (AvgIpc) is 2.67. The van der Waals surface area contributed by atoms with Crippen LogP contribution in [0.2, 0.25) is 0 Å². The minimum Gasteiger partial charge on any atom is -0.464 e. The van der Waals surface area contributed by atoms with Gasteiger partial charge < -0.3 is 20.5 Å². The normalized spacial score (nSPS) is 16.3. The van der Waals surface area contributed by atoms with Crippen LogP contribution in [0.3, 0.4) is 0 Å². The number of methoxy groups -OCH3 is 1. The zero-order valence-corrected chi connectivity index (χ0v) is 19.1. The third-order valence-corrected chi connectivity index (χ3v) is 4.78. The number of nitrogens with zero attached hydrogens (tertiary/aromatic N) is 2. The molecule has 0 unspecified atom stereocenters. The molecule has 2 rings (SSSR count). The highest BCUT2D eigenvalue weighted by molar-refractivity contribution is 14.0. The number of likely N-dealkylation sites (tertiary alicyclic amines) is 1. The van der Waals surface area contributed by atoms with E-state index < -0.39 is 5.97 Å². The quantitative estimate of drug-likeness (QED) is 0.363. The van der Waals surface area contributed by atoms with Crippen molar-refractivity contribution in [1.29, 1.82) is 0 Å². The van der Waals surface area contributed by atoms with Crippen molar-refractivity contribution in [3.63, 3.8) is 0 Å². The summed E-state index contributed by atoms with van der Waals surface area (Å²) >= 11 is 0. The number of rotatable bonds is 8. The monoisotopic (exact) mass is 506 g/mol. The second-order valence-corrected chi connectivity index (χ2v) is 7.44. The van der Waals surface area contributed by atoms with Crippen LogP contribution in [0.4, 0.5) is 5.82 Å². The van der Waals surface area contributed by atoms with Gasteiger partial charge in [-0.1, -0.05) is 19.9 Å². The Kier molecular flexibility index (Phi) is 10.3. The van der Waals surface area contributed by atoms with E-state index in [0.29, 0.717) is 11.7 Å². The highest BCUT2D eigenvalue weighted by Crippen LogP contribution is 2.22. The molecule has 3 N–H and O–H groups in total. The standard InChI is InChI=1S/C19H30N4O4.HI/c1-14(2)11-20-19(13-24)7-9-23(10-8-19)12-17(25)22-16-6-4-5-15(21-16)18(26)27-3;/h4-6,14,20,24H,7-13H2,1-3H3,(H,21,22,25);1H. The van der Waals surface area contributed by atoms with Crippen LogP contribution < -0.4 is 10.6 Å². The smallest absolute Gasteiger partial charge is 0.356 e. The van der Waals surface area contributed by atoms with Gasteiger partial charge in [0.15, 0.2) is 5.69 Å². The molecule has 0 spiro atoms. The maximum Gasteiger partial charge on any atom is 0.356 e. The first-order chi connectivity index (χ1) is 12.9. The highest BCUT2D eigenvalue weighted by atomic mass is 127. The van der Waals surface area contributed by atoms with Crippen LogP contribution >= 0.6 is 24.0 Å². The van der Waals surface area contributed by atoms with Gasteiger partial charge in [-0.25, -0.2) is 9.78 Å². The Labute approximate surface area is 183 Å². The van der Waals surface area contributed by atoms with Gasteiger partial charge in [0.2, 0.25) is 5.91 Å². The predicted molar refractivity (Wildman–Crippen MR) is 118 cm³/mol. The number of halogens is 1. The third-order valence-electron chi connectivity index (χ3n) is 4.78. The number of amides is 1. The molecule has 1 aliphatic rings. The van der Waals surface area contributed by atoms with Crippen molar-refractivity contribution in [3.05, 3.63) is 23.9 Å². The maximum absolute atomic E-state index is 12.3. The molecule has 1 amide bonds. The summed E-state index contributed by atoms with van der Waals surface area (Å²) in [4.78, 5) is 30.0. The number of hydrogen-bond donors (Lipinski definition) is 3. The van der Waals surface area contributed by atoms with Crippen molar-refractivity contribution in [2.24, 2.45) is 5.92 Å². The van der Waals surface area contributed by atoms with E-state index in [4.69, 9.17) is 0 Å². The van der Waals surface area contributed by atoms with E-state index in [1.54, 1.807) is 12.1 Å². The third kappa shape index (κ3) is 7.26. The first-order valence-electron chi connectivity index (χ1n) is 9.31. The first kappa shape index (κ1) is 24.7. The largest absolute Gasteiger partial charge is 0.464 e. The van der Waals surface area contributed by atoms with Crippen LogP contribution in [-0.2, 0) is 9.53 Å². The highest BCUT2D eigenvalue weighted by Gasteiger charge is 2.34. The van der Waals surface area contributed by atoms with E-state index in [2.05, 4.69) is 39.1 Å². The Morgan fingerprint density at radius 1 is 1.32 bits per heavy atom. The summed E-state index contributed by atoms with van der Waals surface area (Å²) in [6.45, 7) is 6.95. The summed E-state index contributed by atoms with van der Waals surface area (Å²) in [5, 5.41) is 16.0. The van der Waals surface area contributed by atoms with Crippen molar-refractivity contribution in [1.82, 2.24) is 15.2 Å². The second kappa shape index (κ2) is 11.6. The number of ether oxygens (including phenoxy) is 1. The van der Waals surface area contributed by atoms with Gasteiger partial charge in [-0.15, -0.1) is 24.0 Å². The number of esters is 1. The number of aliphatic hydroxyl groups is 1. The maximum atomic E-state index is 12.3. The van der Waals surface area contributed by atoms with Crippen LogP contribution in [-0.4, -0.2) is 72.3 Å². The molecule has 0 saturated carbocycles. The summed E-state index contributed by atoms with van der Waals surface area (Å²) < 4.78 is 4.63. The molecule has 1 aromatic rings. The molecule has 0 aromatic carbocycles. The van der Waals surface area contributed by atoms with Crippen molar-refractivity contribution >= 4 is 41.7 Å². The summed E-state index contributed by atoms with van der Waals surface area (Å²) in [5.74, 6) is 0.112. The number of anilines is 1. The molecule has 1 aliphatic heterocycles. The molecule has 0 atom stereocenters. The topological polar surface area (TPSA) is 104 Å². The lowest BCUT2D eigenvalue weighted by Gasteiger charge is -2.41. The fraction of sp³-hybridized carbons (Fsp3) is 0.632. The lowest BCUT2D eigenvalue weighted by Crippen LogP contribution is -2.57. The molecule has 1 saturated heterocycles. The Balaban J connectivity index is 0.00000392. The summed E-state index contributed by atoms with van der Waals surface area (Å²) in [6.07, 6.45) is 1.58. The second-order valence-electron chi connectivity index (χ2n) is 7.44. The molecular formula is C19H31IN4O4. The zero-order chi connectivity index (χ0) is 19.9. The van der Waals surface area contributed by atoms with Gasteiger partial charge in [-0.05, 0) is 37.4 Å². The molecule has 28 heavy (non-hydrogen) atoms. The number of carbonyl (C=O) groups is 2. The van der Waals surface area contributed by atoms with Gasteiger partial charge in [0.05, 0.1) is 20.3 Å². The molecule has 1 fully saturated rings. The number of carbonyl (C=O) groups excluding carboxylic acids is 2. The predicted octanol–water partition coefficient (Wildman–Crippen LogP) is 1.50. The van der Waals surface area contributed by atoms with E-state index in [0.717, 1.165) is 32.5 Å². The van der Waals surface area contributed by atoms with Gasteiger partial charge in [0.1, 0.15) is 5.82 Å². The Hall–Kier alpha value is -1.30. The van der Waals surface area contributed by atoms with Crippen LogP contribution in [0.5, 0.6) is 0 Å². The van der Waals surface area contributed by atoms with E-state index in [9.17, 15) is 14.7 Å². The first-order valence-corrected chi connectivity index (χ1v) is 9.31. The van der Waals surface area contributed by atoms with Crippen molar-refractivity contribution < 1.29 is 19.4 Å². The fourth-order valence-electron chi connectivity index (χ4n) is 3.06. The van der Waals surface area contributed by atoms with Gasteiger partial charge in [-0.3, -0.25) is 9.69 Å². The Bertz CT molecular complexity index is 649. The number of piperidine rings is 1. The molecule has 158 valence electrons. The molecule has 0 bridgehead atoms. The van der Waals surface area contributed by atoms with Crippen molar-refractivity contribution in [2.75, 3.05) is 45.2 Å². The van der Waals surface area contributed by atoms with Crippen molar-refractivity contribution in [3.8, 4) is 0 Å². The van der Waals surface area contributed by atoms with E-state index in [-0.39, 0.29) is 54.3 Å². The molecule has 1 aromatic heterocycles. The average molecular weight is 506 g/mol. The van der Waals surface area contributed by atoms with Crippen LogP contribution in [0, 0.1) is 5.92 Å². The summed E-state index contributed by atoms with van der Waals surface area (Å²) in [6, 6.07) is 4.81. The molecular weight excluding hydrogens is 475 g/mol. The van der Waals surface area contributed by atoms with Gasteiger partial charge in [-0.2, -0.15) is 0 Å². The lowest BCUT2D eigenvalue weighted by molar-refractivity contribution is -0.117. The van der Waals surface area contributed by atoms with E-state index >= 15 is 0 Å². The number of hydrogen-bond acceptors (Lipinski definition) is 7. The van der Waals surface area contributed by atoms with E-state index in [1.807, 2.05) is 0 Å².